The fraction of sp³-hybridized carbons (Fsp3) is 0.333. The molecule has 0 saturated heterocycles. The molecule has 112 valence electrons. The minimum atomic E-state index is 0.0648. The molecule has 1 unspecified atom stereocenters. The maximum absolute atomic E-state index is 5.52. The first kappa shape index (κ1) is 15.4. The van der Waals surface area contributed by atoms with E-state index in [1.165, 1.54) is 16.7 Å². The SMILES string of the molecule is CNC(c1cc(OC)ccc1OC)c1cccc(C)c1C. The molecule has 0 radical (unpaired) electrons. The molecule has 3 nitrogen and oxygen atoms in total. The molecule has 1 atom stereocenters. The van der Waals surface area contributed by atoms with E-state index >= 15 is 0 Å². The zero-order chi connectivity index (χ0) is 15.4. The van der Waals surface area contributed by atoms with Gasteiger partial charge in [0.2, 0.25) is 0 Å². The molecule has 0 aliphatic heterocycles. The molecular formula is C18H23NO2. The van der Waals surface area contributed by atoms with Crippen molar-refractivity contribution in [3.63, 3.8) is 0 Å². The average Bonchev–Trinajstić information content (AvgIpc) is 2.52. The number of nitrogens with one attached hydrogen (secondary N) is 1. The van der Waals surface area contributed by atoms with Crippen molar-refractivity contribution >= 4 is 0 Å². The van der Waals surface area contributed by atoms with E-state index in [1.54, 1.807) is 14.2 Å². The topological polar surface area (TPSA) is 30.5 Å². The highest BCUT2D eigenvalue weighted by Crippen LogP contribution is 2.34. The normalized spacial score (nSPS) is 12.0. The highest BCUT2D eigenvalue weighted by Gasteiger charge is 2.19. The summed E-state index contributed by atoms with van der Waals surface area (Å²) in [6.07, 6.45) is 0. The number of aryl methyl sites for hydroxylation is 1. The van der Waals surface area contributed by atoms with Crippen LogP contribution in [-0.2, 0) is 0 Å². The van der Waals surface area contributed by atoms with Crippen molar-refractivity contribution in [2.24, 2.45) is 0 Å². The van der Waals surface area contributed by atoms with Crippen LogP contribution < -0.4 is 14.8 Å². The van der Waals surface area contributed by atoms with Crippen molar-refractivity contribution in [2.45, 2.75) is 19.9 Å². The molecule has 0 aromatic heterocycles. The van der Waals surface area contributed by atoms with Crippen molar-refractivity contribution in [3.05, 3.63) is 58.7 Å². The standard InChI is InChI=1S/C18H23NO2/c1-12-7-6-8-15(13(12)2)18(19-3)16-11-14(20-4)9-10-17(16)21-5/h6-11,18-19H,1-5H3. The van der Waals surface area contributed by atoms with Gasteiger partial charge in [0.25, 0.3) is 0 Å². The van der Waals surface area contributed by atoms with Gasteiger partial charge in [0.15, 0.2) is 0 Å². The number of methoxy groups -OCH3 is 2. The third kappa shape index (κ3) is 3.03. The molecule has 3 heteroatoms. The third-order valence-corrected chi connectivity index (χ3v) is 3.99. The van der Waals surface area contributed by atoms with E-state index in [4.69, 9.17) is 9.47 Å². The molecule has 2 rings (SSSR count). The molecule has 2 aromatic carbocycles. The van der Waals surface area contributed by atoms with Gasteiger partial charge in [-0.2, -0.15) is 0 Å². The maximum Gasteiger partial charge on any atom is 0.124 e. The first-order valence-corrected chi connectivity index (χ1v) is 7.07. The smallest absolute Gasteiger partial charge is 0.124 e. The number of benzene rings is 2. The number of rotatable bonds is 5. The minimum Gasteiger partial charge on any atom is -0.497 e. The van der Waals surface area contributed by atoms with Gasteiger partial charge in [-0.25, -0.2) is 0 Å². The number of hydrogen-bond donors (Lipinski definition) is 1. The van der Waals surface area contributed by atoms with Crippen LogP contribution in [0.2, 0.25) is 0 Å². The van der Waals surface area contributed by atoms with Crippen LogP contribution in [0.3, 0.4) is 0 Å². The Morgan fingerprint density at radius 3 is 2.33 bits per heavy atom. The van der Waals surface area contributed by atoms with Crippen LogP contribution >= 0.6 is 0 Å². The van der Waals surface area contributed by atoms with E-state index in [9.17, 15) is 0 Å². The van der Waals surface area contributed by atoms with E-state index in [0.29, 0.717) is 0 Å². The lowest BCUT2D eigenvalue weighted by Crippen LogP contribution is -2.19. The lowest BCUT2D eigenvalue weighted by molar-refractivity contribution is 0.395. The lowest BCUT2D eigenvalue weighted by atomic mass is 9.92. The molecule has 0 bridgehead atoms. The van der Waals surface area contributed by atoms with Gasteiger partial charge in [0.05, 0.1) is 20.3 Å². The summed E-state index contributed by atoms with van der Waals surface area (Å²) in [6, 6.07) is 12.3. The summed E-state index contributed by atoms with van der Waals surface area (Å²) < 4.78 is 10.9. The Hall–Kier alpha value is -2.00. The summed E-state index contributed by atoms with van der Waals surface area (Å²) in [5.41, 5.74) is 4.91. The van der Waals surface area contributed by atoms with Gasteiger partial charge in [-0.15, -0.1) is 0 Å². The highest BCUT2D eigenvalue weighted by atomic mass is 16.5. The summed E-state index contributed by atoms with van der Waals surface area (Å²) in [5.74, 6) is 1.69. The van der Waals surface area contributed by atoms with Gasteiger partial charge in [-0.05, 0) is 55.8 Å². The summed E-state index contributed by atoms with van der Waals surface area (Å²) in [5, 5.41) is 3.39. The largest absolute Gasteiger partial charge is 0.497 e. The zero-order valence-corrected chi connectivity index (χ0v) is 13.4. The molecule has 0 aliphatic carbocycles. The van der Waals surface area contributed by atoms with Crippen LogP contribution in [0.15, 0.2) is 36.4 Å². The van der Waals surface area contributed by atoms with Crippen LogP contribution in [0, 0.1) is 13.8 Å². The summed E-state index contributed by atoms with van der Waals surface area (Å²) in [7, 11) is 5.34. The van der Waals surface area contributed by atoms with Gasteiger partial charge in [-0.1, -0.05) is 18.2 Å². The van der Waals surface area contributed by atoms with Crippen LogP contribution in [0.5, 0.6) is 11.5 Å². The highest BCUT2D eigenvalue weighted by molar-refractivity contribution is 5.48. The Bertz CT molecular complexity index is 623. The van der Waals surface area contributed by atoms with Gasteiger partial charge < -0.3 is 14.8 Å². The molecule has 0 amide bonds. The summed E-state index contributed by atoms with van der Waals surface area (Å²) in [6.45, 7) is 4.29. The Morgan fingerprint density at radius 1 is 0.952 bits per heavy atom. The molecule has 2 aromatic rings. The first-order valence-electron chi connectivity index (χ1n) is 7.07. The predicted molar refractivity (Wildman–Crippen MR) is 86.4 cm³/mol. The van der Waals surface area contributed by atoms with Crippen molar-refractivity contribution in [3.8, 4) is 11.5 Å². The zero-order valence-electron chi connectivity index (χ0n) is 13.4. The molecule has 0 aliphatic rings. The first-order chi connectivity index (χ1) is 10.1. The van der Waals surface area contributed by atoms with E-state index in [0.717, 1.165) is 17.1 Å². The average molecular weight is 285 g/mol. The molecule has 1 N–H and O–H groups in total. The second kappa shape index (κ2) is 6.64. The fourth-order valence-electron chi connectivity index (χ4n) is 2.63. The van der Waals surface area contributed by atoms with Crippen molar-refractivity contribution in [1.29, 1.82) is 0 Å². The van der Waals surface area contributed by atoms with Crippen LogP contribution in [-0.4, -0.2) is 21.3 Å². The molecule has 0 fully saturated rings. The van der Waals surface area contributed by atoms with E-state index in [1.807, 2.05) is 25.2 Å². The molecular weight excluding hydrogens is 262 g/mol. The van der Waals surface area contributed by atoms with Gasteiger partial charge in [-0.3, -0.25) is 0 Å². The second-order valence-electron chi connectivity index (χ2n) is 5.12. The number of hydrogen-bond acceptors (Lipinski definition) is 3. The Kier molecular flexibility index (Phi) is 4.86. The summed E-state index contributed by atoms with van der Waals surface area (Å²) >= 11 is 0. The fourth-order valence-corrected chi connectivity index (χ4v) is 2.63. The van der Waals surface area contributed by atoms with Crippen molar-refractivity contribution in [2.75, 3.05) is 21.3 Å². The maximum atomic E-state index is 5.52. The van der Waals surface area contributed by atoms with Gasteiger partial charge in [0.1, 0.15) is 11.5 Å². The number of ether oxygens (including phenoxy) is 2. The second-order valence-corrected chi connectivity index (χ2v) is 5.12. The quantitative estimate of drug-likeness (QED) is 0.910. The van der Waals surface area contributed by atoms with E-state index in [-0.39, 0.29) is 6.04 Å². The molecule has 0 heterocycles. The minimum absolute atomic E-state index is 0.0648. The molecule has 21 heavy (non-hydrogen) atoms. The van der Waals surface area contributed by atoms with E-state index < -0.39 is 0 Å². The predicted octanol–water partition coefficient (Wildman–Crippen LogP) is 3.63. The Morgan fingerprint density at radius 2 is 1.71 bits per heavy atom. The third-order valence-electron chi connectivity index (χ3n) is 3.99. The summed E-state index contributed by atoms with van der Waals surface area (Å²) in [4.78, 5) is 0. The van der Waals surface area contributed by atoms with Crippen LogP contribution in [0.1, 0.15) is 28.3 Å². The van der Waals surface area contributed by atoms with E-state index in [2.05, 4.69) is 37.4 Å². The van der Waals surface area contributed by atoms with Crippen molar-refractivity contribution in [1.82, 2.24) is 5.32 Å². The monoisotopic (exact) mass is 285 g/mol. The van der Waals surface area contributed by atoms with Gasteiger partial charge in [0, 0.05) is 5.56 Å². The Balaban J connectivity index is 2.57. The molecule has 0 saturated carbocycles. The van der Waals surface area contributed by atoms with Crippen LogP contribution in [0.4, 0.5) is 0 Å². The van der Waals surface area contributed by atoms with Crippen LogP contribution in [0.25, 0.3) is 0 Å². The Labute approximate surface area is 126 Å². The lowest BCUT2D eigenvalue weighted by Gasteiger charge is -2.23. The van der Waals surface area contributed by atoms with Gasteiger partial charge >= 0.3 is 0 Å². The van der Waals surface area contributed by atoms with Crippen molar-refractivity contribution < 1.29 is 9.47 Å². The molecule has 0 spiro atoms.